The Kier molecular flexibility index (Phi) is 4.11. The first-order chi connectivity index (χ1) is 12.6. The molecular weight excluding hydrogens is 323 g/mol. The quantitative estimate of drug-likeness (QED) is 0.560. The van der Waals surface area contributed by atoms with Gasteiger partial charge in [-0.05, 0) is 40.9 Å². The number of aromatic nitrogens is 3. The van der Waals surface area contributed by atoms with Crippen LogP contribution in [0.1, 0.15) is 0 Å². The minimum atomic E-state index is -0.553. The highest BCUT2D eigenvalue weighted by atomic mass is 16.2. The Balaban J connectivity index is 1.95. The molecule has 126 valence electrons. The number of fused-ring (bicyclic) bond motifs is 1. The number of hydrogen-bond donors (Lipinski definition) is 2. The van der Waals surface area contributed by atoms with E-state index in [1.54, 1.807) is 19.2 Å². The Hall–Kier alpha value is -3.25. The van der Waals surface area contributed by atoms with Crippen LogP contribution in [0.4, 0.5) is 5.69 Å². The number of nitrogens with two attached hydrogens (primary N) is 1. The van der Waals surface area contributed by atoms with Gasteiger partial charge in [0.1, 0.15) is 0 Å². The average Bonchev–Trinajstić information content (AvgIpc) is 2.68. The van der Waals surface area contributed by atoms with E-state index in [0.29, 0.717) is 5.69 Å². The van der Waals surface area contributed by atoms with Crippen LogP contribution in [0.15, 0.2) is 67.0 Å². The molecule has 2 heterocycles. The van der Waals surface area contributed by atoms with Crippen molar-refractivity contribution in [1.82, 2.24) is 15.2 Å². The highest BCUT2D eigenvalue weighted by Gasteiger charge is 2.14. The van der Waals surface area contributed by atoms with Gasteiger partial charge in [-0.1, -0.05) is 37.2 Å². The lowest BCUT2D eigenvalue weighted by molar-refractivity contribution is 0.594. The number of benzene rings is 2. The van der Waals surface area contributed by atoms with Crippen LogP contribution in [0, 0.1) is 0 Å². The standard InChI is InChI=1S/C20H17BN4O/c1-21(26)14-6-8-15(19-4-2-3-9-23-19)17(11-14)13-5-7-16-18(22)12-24-25-20(16)10-13/h2-12,26H,1H3,(H2,22,25). The lowest BCUT2D eigenvalue weighted by Gasteiger charge is -2.13. The van der Waals surface area contributed by atoms with E-state index in [4.69, 9.17) is 5.73 Å². The third kappa shape index (κ3) is 2.91. The number of nitrogens with zero attached hydrogens (tertiary/aromatic N) is 3. The van der Waals surface area contributed by atoms with Crippen LogP contribution in [-0.2, 0) is 0 Å². The Morgan fingerprint density at radius 1 is 1.00 bits per heavy atom. The largest absolute Gasteiger partial charge is 0.447 e. The minimum absolute atomic E-state index is 0.553. The van der Waals surface area contributed by atoms with Crippen molar-refractivity contribution in [2.24, 2.45) is 0 Å². The van der Waals surface area contributed by atoms with Gasteiger partial charge in [0.2, 0.25) is 0 Å². The fraction of sp³-hybridized carbons (Fsp3) is 0.0500. The van der Waals surface area contributed by atoms with Gasteiger partial charge in [-0.2, -0.15) is 10.2 Å². The van der Waals surface area contributed by atoms with E-state index in [2.05, 4.69) is 15.2 Å². The second-order valence-corrected chi connectivity index (χ2v) is 6.23. The lowest BCUT2D eigenvalue weighted by atomic mass is 9.63. The Labute approximate surface area is 151 Å². The molecule has 2 aromatic carbocycles. The van der Waals surface area contributed by atoms with Crippen molar-refractivity contribution in [2.45, 2.75) is 6.82 Å². The summed E-state index contributed by atoms with van der Waals surface area (Å²) in [5, 5.41) is 19.0. The molecule has 0 aliphatic carbocycles. The lowest BCUT2D eigenvalue weighted by Crippen LogP contribution is -2.26. The molecule has 0 atom stereocenters. The van der Waals surface area contributed by atoms with Crippen molar-refractivity contribution in [2.75, 3.05) is 5.73 Å². The number of rotatable bonds is 3. The first-order valence-electron chi connectivity index (χ1n) is 8.38. The molecule has 0 fully saturated rings. The molecule has 0 aliphatic rings. The topological polar surface area (TPSA) is 84.9 Å². The summed E-state index contributed by atoms with van der Waals surface area (Å²) < 4.78 is 0. The van der Waals surface area contributed by atoms with Crippen LogP contribution in [0.2, 0.25) is 6.82 Å². The minimum Gasteiger partial charge on any atom is -0.447 e. The van der Waals surface area contributed by atoms with Crippen molar-refractivity contribution in [3.8, 4) is 22.4 Å². The molecule has 0 unspecified atom stereocenters. The SMILES string of the molecule is CB(O)c1ccc(-c2ccccn2)c(-c2ccc3c(N)cnnc3c2)c1. The molecule has 0 aliphatic heterocycles. The van der Waals surface area contributed by atoms with Gasteiger partial charge in [0.15, 0.2) is 0 Å². The molecule has 5 nitrogen and oxygen atoms in total. The van der Waals surface area contributed by atoms with Crippen LogP contribution in [0.5, 0.6) is 0 Å². The van der Waals surface area contributed by atoms with E-state index in [9.17, 15) is 5.02 Å². The van der Waals surface area contributed by atoms with Gasteiger partial charge in [0.25, 0.3) is 0 Å². The molecule has 0 bridgehead atoms. The third-order valence-electron chi connectivity index (χ3n) is 4.45. The fourth-order valence-electron chi connectivity index (χ4n) is 3.05. The first-order valence-corrected chi connectivity index (χ1v) is 8.38. The zero-order chi connectivity index (χ0) is 18.1. The Morgan fingerprint density at radius 2 is 1.88 bits per heavy atom. The summed E-state index contributed by atoms with van der Waals surface area (Å²) >= 11 is 0. The summed E-state index contributed by atoms with van der Waals surface area (Å²) in [6.07, 6.45) is 3.32. The molecular formula is C20H17BN4O. The smallest absolute Gasteiger partial charge is 0.320 e. The normalized spacial score (nSPS) is 10.8. The highest BCUT2D eigenvalue weighted by Crippen LogP contribution is 2.32. The molecule has 0 spiro atoms. The summed E-state index contributed by atoms with van der Waals surface area (Å²) in [7, 11) is 0. The predicted octanol–water partition coefficient (Wildman–Crippen LogP) is 2.76. The molecule has 0 amide bonds. The Morgan fingerprint density at radius 3 is 2.65 bits per heavy atom. The summed E-state index contributed by atoms with van der Waals surface area (Å²) in [4.78, 5) is 4.48. The van der Waals surface area contributed by atoms with Gasteiger partial charge in [-0.3, -0.25) is 4.98 Å². The van der Waals surface area contributed by atoms with Crippen molar-refractivity contribution in [3.05, 3.63) is 67.0 Å². The second-order valence-electron chi connectivity index (χ2n) is 6.23. The summed E-state index contributed by atoms with van der Waals surface area (Å²) in [5.74, 6) is 0. The third-order valence-corrected chi connectivity index (χ3v) is 4.45. The number of hydrogen-bond acceptors (Lipinski definition) is 5. The summed E-state index contributed by atoms with van der Waals surface area (Å²) in [5.41, 5.74) is 12.0. The monoisotopic (exact) mass is 340 g/mol. The molecule has 4 rings (SSSR count). The van der Waals surface area contributed by atoms with Gasteiger partial charge in [-0.15, -0.1) is 0 Å². The molecule has 6 heteroatoms. The van der Waals surface area contributed by atoms with Crippen LogP contribution >= 0.6 is 0 Å². The number of pyridine rings is 1. The van der Waals surface area contributed by atoms with Crippen molar-refractivity contribution < 1.29 is 5.02 Å². The average molecular weight is 340 g/mol. The van der Waals surface area contributed by atoms with Gasteiger partial charge >= 0.3 is 6.92 Å². The van der Waals surface area contributed by atoms with E-state index < -0.39 is 6.92 Å². The van der Waals surface area contributed by atoms with E-state index in [-0.39, 0.29) is 0 Å². The molecule has 0 saturated heterocycles. The van der Waals surface area contributed by atoms with E-state index in [1.165, 1.54) is 0 Å². The van der Waals surface area contributed by atoms with Crippen molar-refractivity contribution in [1.29, 1.82) is 0 Å². The van der Waals surface area contributed by atoms with Gasteiger partial charge in [-0.25, -0.2) is 0 Å². The molecule has 3 N–H and O–H groups in total. The van der Waals surface area contributed by atoms with Gasteiger partial charge in [0, 0.05) is 17.1 Å². The zero-order valence-corrected chi connectivity index (χ0v) is 14.3. The zero-order valence-electron chi connectivity index (χ0n) is 14.3. The predicted molar refractivity (Wildman–Crippen MR) is 106 cm³/mol. The molecule has 0 saturated carbocycles. The van der Waals surface area contributed by atoms with Crippen molar-refractivity contribution >= 4 is 29.0 Å². The van der Waals surface area contributed by atoms with Crippen LogP contribution in [0.25, 0.3) is 33.3 Å². The van der Waals surface area contributed by atoms with Crippen LogP contribution in [-0.4, -0.2) is 27.1 Å². The van der Waals surface area contributed by atoms with Crippen LogP contribution in [0.3, 0.4) is 0 Å². The molecule has 4 aromatic rings. The van der Waals surface area contributed by atoms with E-state index in [1.807, 2.05) is 54.6 Å². The van der Waals surface area contributed by atoms with Crippen molar-refractivity contribution in [3.63, 3.8) is 0 Å². The molecule has 2 aromatic heterocycles. The first kappa shape index (κ1) is 16.2. The maximum Gasteiger partial charge on any atom is 0.320 e. The van der Waals surface area contributed by atoms with Crippen LogP contribution < -0.4 is 11.2 Å². The van der Waals surface area contributed by atoms with Gasteiger partial charge < -0.3 is 10.8 Å². The summed E-state index contributed by atoms with van der Waals surface area (Å²) in [6.45, 7) is 1.20. The highest BCUT2D eigenvalue weighted by molar-refractivity contribution is 6.64. The maximum atomic E-state index is 10.0. The summed E-state index contributed by atoms with van der Waals surface area (Å²) in [6, 6.07) is 17.7. The van der Waals surface area contributed by atoms with Gasteiger partial charge in [0.05, 0.1) is 23.1 Å². The number of nitrogen functional groups attached to an aromatic ring is 1. The van der Waals surface area contributed by atoms with E-state index in [0.717, 1.165) is 38.8 Å². The number of anilines is 1. The van der Waals surface area contributed by atoms with E-state index >= 15 is 0 Å². The molecule has 26 heavy (non-hydrogen) atoms. The molecule has 0 radical (unpaired) electrons. The second kappa shape index (κ2) is 6.57. The Bertz CT molecular complexity index is 1080. The maximum absolute atomic E-state index is 10.0. The fourth-order valence-corrected chi connectivity index (χ4v) is 3.05.